The van der Waals surface area contributed by atoms with Crippen LogP contribution in [0.25, 0.3) is 22.2 Å². The highest BCUT2D eigenvalue weighted by molar-refractivity contribution is 6.35. The predicted octanol–water partition coefficient (Wildman–Crippen LogP) is 7.55. The number of aromatic nitrogens is 1. The molecular formula is C30H21Cl2N3O2. The van der Waals surface area contributed by atoms with Gasteiger partial charge in [-0.1, -0.05) is 77.8 Å². The number of carbonyl (C=O) groups excluding carboxylic acids is 1. The van der Waals surface area contributed by atoms with Crippen LogP contribution in [0, 0.1) is 0 Å². The molecule has 0 aliphatic heterocycles. The fourth-order valence-electron chi connectivity index (χ4n) is 3.80. The molecule has 0 spiro atoms. The highest BCUT2D eigenvalue weighted by Crippen LogP contribution is 2.25. The largest absolute Gasteiger partial charge is 0.489 e. The van der Waals surface area contributed by atoms with Crippen LogP contribution >= 0.6 is 23.2 Å². The van der Waals surface area contributed by atoms with E-state index in [0.29, 0.717) is 28.0 Å². The van der Waals surface area contributed by atoms with E-state index in [1.54, 1.807) is 24.4 Å². The summed E-state index contributed by atoms with van der Waals surface area (Å²) in [5, 5.41) is 6.06. The Morgan fingerprint density at radius 3 is 2.43 bits per heavy atom. The molecule has 7 heteroatoms. The van der Waals surface area contributed by atoms with Gasteiger partial charge in [-0.05, 0) is 54.1 Å². The topological polar surface area (TPSA) is 63.6 Å². The number of para-hydroxylation sites is 1. The van der Waals surface area contributed by atoms with Crippen molar-refractivity contribution >= 4 is 46.2 Å². The first-order chi connectivity index (χ1) is 18.1. The molecule has 5 rings (SSSR count). The summed E-state index contributed by atoms with van der Waals surface area (Å²) >= 11 is 12.1. The number of nitrogens with zero attached hydrogens (tertiary/aromatic N) is 2. The van der Waals surface area contributed by atoms with Crippen molar-refractivity contribution in [3.8, 4) is 17.0 Å². The minimum Gasteiger partial charge on any atom is -0.489 e. The van der Waals surface area contributed by atoms with E-state index in [1.807, 2.05) is 84.9 Å². The Morgan fingerprint density at radius 2 is 1.65 bits per heavy atom. The average molecular weight is 526 g/mol. The summed E-state index contributed by atoms with van der Waals surface area (Å²) < 4.78 is 5.81. The van der Waals surface area contributed by atoms with E-state index in [2.05, 4.69) is 10.5 Å². The molecule has 0 saturated heterocycles. The summed E-state index contributed by atoms with van der Waals surface area (Å²) in [6.07, 6.45) is 1.58. The molecule has 0 atom stereocenters. The van der Waals surface area contributed by atoms with E-state index in [0.717, 1.165) is 33.3 Å². The number of hydrazone groups is 1. The number of fused-ring (bicyclic) bond motifs is 1. The number of carbonyl (C=O) groups is 1. The van der Waals surface area contributed by atoms with Crippen LogP contribution in [-0.2, 0) is 6.61 Å². The number of hydrogen-bond donors (Lipinski definition) is 1. The number of benzene rings is 4. The third kappa shape index (κ3) is 5.97. The van der Waals surface area contributed by atoms with Crippen LogP contribution in [0.2, 0.25) is 10.0 Å². The van der Waals surface area contributed by atoms with E-state index in [1.165, 1.54) is 0 Å². The van der Waals surface area contributed by atoms with Crippen LogP contribution in [0.1, 0.15) is 21.5 Å². The maximum absolute atomic E-state index is 13.1. The zero-order valence-electron chi connectivity index (χ0n) is 19.6. The summed E-state index contributed by atoms with van der Waals surface area (Å²) in [7, 11) is 0. The molecule has 0 fully saturated rings. The molecule has 1 heterocycles. The number of halogens is 2. The second-order valence-corrected chi connectivity index (χ2v) is 9.07. The van der Waals surface area contributed by atoms with Gasteiger partial charge in [0.15, 0.2) is 0 Å². The first-order valence-corrected chi connectivity index (χ1v) is 12.3. The molecule has 182 valence electrons. The van der Waals surface area contributed by atoms with E-state index < -0.39 is 0 Å². The summed E-state index contributed by atoms with van der Waals surface area (Å²) in [6, 6.07) is 31.8. The van der Waals surface area contributed by atoms with Crippen molar-refractivity contribution in [2.75, 3.05) is 0 Å². The molecule has 0 unspecified atom stereocenters. The van der Waals surface area contributed by atoms with Gasteiger partial charge < -0.3 is 4.74 Å². The number of pyridine rings is 1. The van der Waals surface area contributed by atoms with Crippen molar-refractivity contribution in [2.45, 2.75) is 6.61 Å². The molecule has 0 bridgehead atoms. The molecule has 5 aromatic rings. The molecule has 1 amide bonds. The van der Waals surface area contributed by atoms with Crippen molar-refractivity contribution in [3.05, 3.63) is 130 Å². The Kier molecular flexibility index (Phi) is 7.45. The molecule has 1 N–H and O–H groups in total. The first kappa shape index (κ1) is 24.5. The lowest BCUT2D eigenvalue weighted by Crippen LogP contribution is -2.18. The van der Waals surface area contributed by atoms with Crippen LogP contribution in [0.3, 0.4) is 0 Å². The van der Waals surface area contributed by atoms with Gasteiger partial charge in [0.2, 0.25) is 0 Å². The van der Waals surface area contributed by atoms with Crippen molar-refractivity contribution < 1.29 is 9.53 Å². The summed E-state index contributed by atoms with van der Waals surface area (Å²) in [4.78, 5) is 17.8. The van der Waals surface area contributed by atoms with Crippen LogP contribution in [-0.4, -0.2) is 17.1 Å². The maximum Gasteiger partial charge on any atom is 0.272 e. The maximum atomic E-state index is 13.1. The molecule has 0 aliphatic carbocycles. The first-order valence-electron chi connectivity index (χ1n) is 11.5. The SMILES string of the molecule is O=C(NN=Cc1ccc(OCc2ccc(Cl)cc2Cl)cc1)c1cc(-c2ccccc2)nc2ccccc12. The van der Waals surface area contributed by atoms with Gasteiger partial charge in [0.25, 0.3) is 5.91 Å². The van der Waals surface area contributed by atoms with Gasteiger partial charge in [0.1, 0.15) is 12.4 Å². The van der Waals surface area contributed by atoms with Gasteiger partial charge in [-0.2, -0.15) is 5.10 Å². The van der Waals surface area contributed by atoms with E-state index in [-0.39, 0.29) is 5.91 Å². The Morgan fingerprint density at radius 1 is 0.892 bits per heavy atom. The summed E-state index contributed by atoms with van der Waals surface area (Å²) in [5.41, 5.74) is 7.20. The lowest BCUT2D eigenvalue weighted by molar-refractivity contribution is 0.0956. The molecule has 0 aliphatic rings. The quantitative estimate of drug-likeness (QED) is 0.176. The molecule has 0 radical (unpaired) electrons. The van der Waals surface area contributed by atoms with Crippen molar-refractivity contribution in [1.29, 1.82) is 0 Å². The minimum absolute atomic E-state index is 0.313. The normalized spacial score (nSPS) is 11.1. The Labute approximate surface area is 224 Å². The van der Waals surface area contributed by atoms with E-state index in [9.17, 15) is 4.79 Å². The number of rotatable bonds is 7. The van der Waals surface area contributed by atoms with Crippen molar-refractivity contribution in [3.63, 3.8) is 0 Å². The van der Waals surface area contributed by atoms with Gasteiger partial charge in [-0.15, -0.1) is 0 Å². The fraction of sp³-hybridized carbons (Fsp3) is 0.0333. The molecule has 0 saturated carbocycles. The van der Waals surface area contributed by atoms with Crippen LogP contribution in [0.5, 0.6) is 5.75 Å². The van der Waals surface area contributed by atoms with Gasteiger partial charge in [-0.3, -0.25) is 4.79 Å². The highest BCUT2D eigenvalue weighted by atomic mass is 35.5. The average Bonchev–Trinajstić information content (AvgIpc) is 2.93. The summed E-state index contributed by atoms with van der Waals surface area (Å²) in [6.45, 7) is 0.324. The lowest BCUT2D eigenvalue weighted by Gasteiger charge is -2.09. The van der Waals surface area contributed by atoms with Gasteiger partial charge in [-0.25, -0.2) is 10.4 Å². The highest BCUT2D eigenvalue weighted by Gasteiger charge is 2.13. The molecule has 5 nitrogen and oxygen atoms in total. The third-order valence-electron chi connectivity index (χ3n) is 5.70. The van der Waals surface area contributed by atoms with Crippen LogP contribution in [0.15, 0.2) is 108 Å². The van der Waals surface area contributed by atoms with Gasteiger partial charge >= 0.3 is 0 Å². The van der Waals surface area contributed by atoms with Gasteiger partial charge in [0, 0.05) is 26.6 Å². The molecule has 37 heavy (non-hydrogen) atoms. The second-order valence-electron chi connectivity index (χ2n) is 8.23. The standard InChI is InChI=1S/C30H21Cl2N3O2/c31-23-13-12-22(27(32)16-23)19-37-24-14-10-20(11-15-24)18-33-35-30(36)26-17-29(21-6-2-1-3-7-21)34-28-9-5-4-8-25(26)28/h1-18H,19H2,(H,35,36). The van der Waals surface area contributed by atoms with Crippen LogP contribution < -0.4 is 10.2 Å². The van der Waals surface area contributed by atoms with Crippen molar-refractivity contribution in [1.82, 2.24) is 10.4 Å². The fourth-order valence-corrected chi connectivity index (χ4v) is 4.26. The minimum atomic E-state index is -0.313. The predicted molar refractivity (Wildman–Crippen MR) is 149 cm³/mol. The second kappa shape index (κ2) is 11.2. The molecule has 1 aromatic heterocycles. The van der Waals surface area contributed by atoms with Gasteiger partial charge in [0.05, 0.1) is 23.0 Å². The monoisotopic (exact) mass is 525 g/mol. The zero-order valence-corrected chi connectivity index (χ0v) is 21.1. The lowest BCUT2D eigenvalue weighted by atomic mass is 10.0. The Hall–Kier alpha value is -4.19. The number of nitrogens with one attached hydrogen (secondary N) is 1. The number of hydrogen-bond acceptors (Lipinski definition) is 4. The molecular weight excluding hydrogens is 505 g/mol. The van der Waals surface area contributed by atoms with Crippen molar-refractivity contribution in [2.24, 2.45) is 5.10 Å². The summed E-state index contributed by atoms with van der Waals surface area (Å²) in [5.74, 6) is 0.371. The number of amides is 1. The Balaban J connectivity index is 1.27. The van der Waals surface area contributed by atoms with E-state index in [4.69, 9.17) is 32.9 Å². The zero-order chi connectivity index (χ0) is 25.6. The smallest absolute Gasteiger partial charge is 0.272 e. The third-order valence-corrected chi connectivity index (χ3v) is 6.29. The number of ether oxygens (including phenoxy) is 1. The molecule has 4 aromatic carbocycles. The van der Waals surface area contributed by atoms with E-state index >= 15 is 0 Å². The Bertz CT molecular complexity index is 1590. The van der Waals surface area contributed by atoms with Crippen LogP contribution in [0.4, 0.5) is 0 Å².